The quantitative estimate of drug-likeness (QED) is 0.844. The molecule has 0 amide bonds. The van der Waals surface area contributed by atoms with Crippen molar-refractivity contribution in [1.82, 2.24) is 0 Å². The number of anilines is 1. The number of rotatable bonds is 7. The summed E-state index contributed by atoms with van der Waals surface area (Å²) in [6.45, 7) is 1.60. The third-order valence-corrected chi connectivity index (χ3v) is 3.45. The monoisotopic (exact) mass is 299 g/mol. The second-order valence-electron chi connectivity index (χ2n) is 5.08. The van der Waals surface area contributed by atoms with Gasteiger partial charge < -0.3 is 14.8 Å². The standard InChI is InChI=1S/C18H21NO3/c1-13(20)12-17(14-8-10-15(21-2)11-9-14)19-16-6-4-5-7-18(16)22-3/h4-11,17,19H,12H2,1-3H3/t17-/m1/s1. The van der Waals surface area contributed by atoms with Crippen LogP contribution in [-0.2, 0) is 4.79 Å². The highest BCUT2D eigenvalue weighted by atomic mass is 16.5. The van der Waals surface area contributed by atoms with Crippen LogP contribution in [0.25, 0.3) is 0 Å². The minimum absolute atomic E-state index is 0.111. The molecule has 0 aromatic heterocycles. The number of carbonyl (C=O) groups excluding carboxylic acids is 1. The number of carbonyl (C=O) groups is 1. The summed E-state index contributed by atoms with van der Waals surface area (Å²) < 4.78 is 10.5. The Kier molecular flexibility index (Phi) is 5.42. The Morgan fingerprint density at radius 1 is 1.05 bits per heavy atom. The SMILES string of the molecule is COc1ccc([C@@H](CC(C)=O)Nc2ccccc2OC)cc1. The summed E-state index contributed by atoms with van der Waals surface area (Å²) in [5.41, 5.74) is 1.90. The van der Waals surface area contributed by atoms with E-state index in [0.717, 1.165) is 22.7 Å². The lowest BCUT2D eigenvalue weighted by Crippen LogP contribution is -2.14. The van der Waals surface area contributed by atoms with E-state index in [1.807, 2.05) is 48.5 Å². The first-order chi connectivity index (χ1) is 10.6. The lowest BCUT2D eigenvalue weighted by Gasteiger charge is -2.21. The fraction of sp³-hybridized carbons (Fsp3) is 0.278. The van der Waals surface area contributed by atoms with Crippen LogP contribution in [0.15, 0.2) is 48.5 Å². The van der Waals surface area contributed by atoms with E-state index in [-0.39, 0.29) is 11.8 Å². The van der Waals surface area contributed by atoms with Crippen LogP contribution in [0, 0.1) is 0 Å². The zero-order valence-corrected chi connectivity index (χ0v) is 13.1. The molecular formula is C18H21NO3. The van der Waals surface area contributed by atoms with Gasteiger partial charge in [-0.3, -0.25) is 4.79 Å². The number of hydrogen-bond acceptors (Lipinski definition) is 4. The zero-order valence-electron chi connectivity index (χ0n) is 13.1. The van der Waals surface area contributed by atoms with Gasteiger partial charge in [0.2, 0.25) is 0 Å². The second kappa shape index (κ2) is 7.50. The van der Waals surface area contributed by atoms with Crippen LogP contribution in [0.3, 0.4) is 0 Å². The van der Waals surface area contributed by atoms with Crippen molar-refractivity contribution in [3.05, 3.63) is 54.1 Å². The van der Waals surface area contributed by atoms with Gasteiger partial charge in [-0.1, -0.05) is 24.3 Å². The van der Waals surface area contributed by atoms with E-state index in [0.29, 0.717) is 6.42 Å². The lowest BCUT2D eigenvalue weighted by atomic mass is 10.0. The summed E-state index contributed by atoms with van der Waals surface area (Å²) in [5, 5.41) is 3.40. The van der Waals surface area contributed by atoms with Gasteiger partial charge in [0.15, 0.2) is 0 Å². The molecule has 1 atom stereocenters. The molecule has 2 aromatic rings. The molecule has 0 bridgehead atoms. The van der Waals surface area contributed by atoms with Crippen LogP contribution in [0.5, 0.6) is 11.5 Å². The first-order valence-electron chi connectivity index (χ1n) is 7.17. The summed E-state index contributed by atoms with van der Waals surface area (Å²) in [7, 11) is 3.27. The van der Waals surface area contributed by atoms with Gasteiger partial charge >= 0.3 is 0 Å². The van der Waals surface area contributed by atoms with Crippen LogP contribution < -0.4 is 14.8 Å². The molecule has 0 aliphatic carbocycles. The fourth-order valence-corrected chi connectivity index (χ4v) is 2.33. The molecule has 0 radical (unpaired) electrons. The molecule has 0 spiro atoms. The van der Waals surface area contributed by atoms with Crippen molar-refractivity contribution < 1.29 is 14.3 Å². The highest BCUT2D eigenvalue weighted by molar-refractivity contribution is 5.77. The topological polar surface area (TPSA) is 47.6 Å². The molecule has 4 nitrogen and oxygen atoms in total. The number of nitrogens with one attached hydrogen (secondary N) is 1. The van der Waals surface area contributed by atoms with Crippen molar-refractivity contribution >= 4 is 11.5 Å². The number of Topliss-reactive ketones (excluding diaryl/α,β-unsaturated/α-hetero) is 1. The minimum atomic E-state index is -0.111. The number of ketones is 1. The molecular weight excluding hydrogens is 278 g/mol. The van der Waals surface area contributed by atoms with Crippen molar-refractivity contribution in [2.75, 3.05) is 19.5 Å². The van der Waals surface area contributed by atoms with Gasteiger partial charge in [0.05, 0.1) is 25.9 Å². The smallest absolute Gasteiger partial charge is 0.141 e. The van der Waals surface area contributed by atoms with Gasteiger partial charge in [0.1, 0.15) is 17.3 Å². The zero-order chi connectivity index (χ0) is 15.9. The predicted molar refractivity (Wildman–Crippen MR) is 87.6 cm³/mol. The normalized spacial score (nSPS) is 11.6. The van der Waals surface area contributed by atoms with Crippen molar-refractivity contribution in [1.29, 1.82) is 0 Å². The molecule has 0 saturated carbocycles. The summed E-state index contributed by atoms with van der Waals surface area (Å²) in [6.07, 6.45) is 0.407. The van der Waals surface area contributed by atoms with E-state index >= 15 is 0 Å². The Bertz CT molecular complexity index is 622. The Morgan fingerprint density at radius 2 is 1.73 bits per heavy atom. The van der Waals surface area contributed by atoms with Gasteiger partial charge in [-0.15, -0.1) is 0 Å². The summed E-state index contributed by atoms with van der Waals surface area (Å²) in [5.74, 6) is 1.68. The van der Waals surface area contributed by atoms with Gasteiger partial charge in [-0.25, -0.2) is 0 Å². The molecule has 0 aliphatic heterocycles. The minimum Gasteiger partial charge on any atom is -0.497 e. The number of para-hydroxylation sites is 2. The first-order valence-corrected chi connectivity index (χ1v) is 7.17. The molecule has 116 valence electrons. The third kappa shape index (κ3) is 4.01. The van der Waals surface area contributed by atoms with Gasteiger partial charge in [0, 0.05) is 6.42 Å². The summed E-state index contributed by atoms with van der Waals surface area (Å²) in [4.78, 5) is 11.6. The van der Waals surface area contributed by atoms with E-state index < -0.39 is 0 Å². The van der Waals surface area contributed by atoms with Gasteiger partial charge in [-0.05, 0) is 36.8 Å². The molecule has 0 fully saturated rings. The van der Waals surface area contributed by atoms with E-state index in [9.17, 15) is 4.79 Å². The highest BCUT2D eigenvalue weighted by Crippen LogP contribution is 2.30. The van der Waals surface area contributed by atoms with Crippen molar-refractivity contribution in [3.63, 3.8) is 0 Å². The fourth-order valence-electron chi connectivity index (χ4n) is 2.33. The molecule has 2 rings (SSSR count). The Hall–Kier alpha value is -2.49. The third-order valence-electron chi connectivity index (χ3n) is 3.45. The number of hydrogen-bond donors (Lipinski definition) is 1. The molecule has 4 heteroatoms. The second-order valence-corrected chi connectivity index (χ2v) is 5.08. The van der Waals surface area contributed by atoms with Crippen LogP contribution in [-0.4, -0.2) is 20.0 Å². The molecule has 0 saturated heterocycles. The first kappa shape index (κ1) is 15.9. The number of methoxy groups -OCH3 is 2. The maximum atomic E-state index is 11.6. The van der Waals surface area contributed by atoms with Crippen LogP contribution in [0.4, 0.5) is 5.69 Å². The van der Waals surface area contributed by atoms with Crippen LogP contribution in [0.2, 0.25) is 0 Å². The summed E-state index contributed by atoms with van der Waals surface area (Å²) in [6, 6.07) is 15.3. The maximum absolute atomic E-state index is 11.6. The molecule has 0 aliphatic rings. The maximum Gasteiger partial charge on any atom is 0.141 e. The Balaban J connectivity index is 2.27. The van der Waals surface area contributed by atoms with Crippen LogP contribution >= 0.6 is 0 Å². The van der Waals surface area contributed by atoms with Crippen molar-refractivity contribution in [2.45, 2.75) is 19.4 Å². The van der Waals surface area contributed by atoms with Crippen molar-refractivity contribution in [2.24, 2.45) is 0 Å². The molecule has 22 heavy (non-hydrogen) atoms. The lowest BCUT2D eigenvalue weighted by molar-refractivity contribution is -0.117. The van der Waals surface area contributed by atoms with Crippen molar-refractivity contribution in [3.8, 4) is 11.5 Å². The predicted octanol–water partition coefficient (Wildman–Crippen LogP) is 3.84. The number of benzene rings is 2. The summed E-state index contributed by atoms with van der Waals surface area (Å²) >= 11 is 0. The highest BCUT2D eigenvalue weighted by Gasteiger charge is 2.15. The van der Waals surface area contributed by atoms with E-state index in [1.54, 1.807) is 21.1 Å². The average molecular weight is 299 g/mol. The van der Waals surface area contributed by atoms with Crippen LogP contribution in [0.1, 0.15) is 24.9 Å². The largest absolute Gasteiger partial charge is 0.497 e. The molecule has 2 aromatic carbocycles. The Labute approximate surface area is 131 Å². The van der Waals surface area contributed by atoms with E-state index in [1.165, 1.54) is 0 Å². The van der Waals surface area contributed by atoms with E-state index in [4.69, 9.17) is 9.47 Å². The molecule has 0 heterocycles. The molecule has 0 unspecified atom stereocenters. The Morgan fingerprint density at radius 3 is 2.32 bits per heavy atom. The number of ether oxygens (including phenoxy) is 2. The van der Waals surface area contributed by atoms with Gasteiger partial charge in [-0.2, -0.15) is 0 Å². The molecule has 1 N–H and O–H groups in total. The van der Waals surface area contributed by atoms with Gasteiger partial charge in [0.25, 0.3) is 0 Å². The van der Waals surface area contributed by atoms with E-state index in [2.05, 4.69) is 5.32 Å². The average Bonchev–Trinajstić information content (AvgIpc) is 2.54.